The highest BCUT2D eigenvalue weighted by molar-refractivity contribution is 6.08. The molecule has 0 saturated carbocycles. The Kier molecular flexibility index (Phi) is 8.94. The number of allylic oxidation sites excluding steroid dienone is 4. The quantitative estimate of drug-likeness (QED) is 0.389. The van der Waals surface area contributed by atoms with E-state index in [4.69, 9.17) is 0 Å². The number of carbonyl (C=O) groups excluding carboxylic acids is 1. The fourth-order valence-electron chi connectivity index (χ4n) is 3.56. The molecule has 0 spiro atoms. The molecule has 0 N–H and O–H groups in total. The van der Waals surface area contributed by atoms with Crippen LogP contribution in [0.4, 0.5) is 0 Å². The minimum absolute atomic E-state index is 0.101. The van der Waals surface area contributed by atoms with Gasteiger partial charge in [0.05, 0.1) is 0 Å². The van der Waals surface area contributed by atoms with E-state index in [0.717, 1.165) is 49.7 Å². The van der Waals surface area contributed by atoms with E-state index in [9.17, 15) is 4.79 Å². The maximum atomic E-state index is 13.0. The number of unbranched alkanes of at least 4 members (excludes halogenated alkanes) is 2. The first-order chi connectivity index (χ1) is 13.6. The summed E-state index contributed by atoms with van der Waals surface area (Å²) in [6.45, 7) is 8.63. The summed E-state index contributed by atoms with van der Waals surface area (Å²) in [4.78, 5) is 13.0. The van der Waals surface area contributed by atoms with Gasteiger partial charge in [-0.05, 0) is 85.1 Å². The number of rotatable bonds is 10. The lowest BCUT2D eigenvalue weighted by Gasteiger charge is -2.12. The van der Waals surface area contributed by atoms with Gasteiger partial charge in [0.15, 0.2) is 5.78 Å². The molecule has 0 aliphatic carbocycles. The predicted molar refractivity (Wildman–Crippen MR) is 122 cm³/mol. The van der Waals surface area contributed by atoms with Crippen LogP contribution in [0.2, 0.25) is 0 Å². The van der Waals surface area contributed by atoms with Crippen LogP contribution in [0.25, 0.3) is 11.1 Å². The van der Waals surface area contributed by atoms with E-state index in [2.05, 4.69) is 76.2 Å². The molecule has 0 bridgehead atoms. The lowest BCUT2D eigenvalue weighted by Crippen LogP contribution is -1.97. The highest BCUT2D eigenvalue weighted by Gasteiger charge is 2.09. The Morgan fingerprint density at radius 2 is 1.11 bits per heavy atom. The maximum Gasteiger partial charge on any atom is 0.179 e. The van der Waals surface area contributed by atoms with Crippen LogP contribution in [-0.2, 0) is 4.79 Å². The van der Waals surface area contributed by atoms with Crippen molar-refractivity contribution in [3.63, 3.8) is 0 Å². The molecule has 148 valence electrons. The molecule has 0 aliphatic rings. The van der Waals surface area contributed by atoms with Crippen LogP contribution in [0.3, 0.4) is 0 Å². The standard InChI is InChI=1S/C27H34O/c1-5-7-15-23(26-17-11-9-13-21(26)3)19-25(28)20-24(16-8-6-2)27-18-12-10-14-22(27)4/h9-14,17-20H,5-8,15-16H2,1-4H3. The van der Waals surface area contributed by atoms with E-state index in [0.29, 0.717) is 0 Å². The Morgan fingerprint density at radius 3 is 1.46 bits per heavy atom. The summed E-state index contributed by atoms with van der Waals surface area (Å²) in [5.74, 6) is 0.101. The van der Waals surface area contributed by atoms with Gasteiger partial charge >= 0.3 is 0 Å². The summed E-state index contributed by atoms with van der Waals surface area (Å²) in [7, 11) is 0. The zero-order valence-electron chi connectivity index (χ0n) is 17.9. The molecular weight excluding hydrogens is 340 g/mol. The van der Waals surface area contributed by atoms with Crippen molar-refractivity contribution in [2.45, 2.75) is 66.2 Å². The van der Waals surface area contributed by atoms with E-state index in [-0.39, 0.29) is 5.78 Å². The minimum Gasteiger partial charge on any atom is -0.290 e. The van der Waals surface area contributed by atoms with Crippen molar-refractivity contribution in [2.75, 3.05) is 0 Å². The van der Waals surface area contributed by atoms with Gasteiger partial charge in [-0.15, -0.1) is 0 Å². The van der Waals surface area contributed by atoms with Crippen LogP contribution in [0.15, 0.2) is 60.7 Å². The second-order valence-corrected chi connectivity index (χ2v) is 7.58. The Balaban J connectivity index is 2.39. The van der Waals surface area contributed by atoms with Crippen molar-refractivity contribution in [3.05, 3.63) is 82.9 Å². The van der Waals surface area contributed by atoms with Gasteiger partial charge in [-0.25, -0.2) is 0 Å². The van der Waals surface area contributed by atoms with Crippen molar-refractivity contribution in [2.24, 2.45) is 0 Å². The molecule has 0 heterocycles. The van der Waals surface area contributed by atoms with Crippen LogP contribution in [0.1, 0.15) is 74.6 Å². The smallest absolute Gasteiger partial charge is 0.179 e. The zero-order valence-corrected chi connectivity index (χ0v) is 17.9. The second-order valence-electron chi connectivity index (χ2n) is 7.58. The monoisotopic (exact) mass is 374 g/mol. The molecule has 0 aliphatic heterocycles. The first-order valence-electron chi connectivity index (χ1n) is 10.6. The van der Waals surface area contributed by atoms with Gasteiger partial charge in [0.25, 0.3) is 0 Å². The van der Waals surface area contributed by atoms with E-state index in [1.807, 2.05) is 12.2 Å². The van der Waals surface area contributed by atoms with Crippen LogP contribution in [0, 0.1) is 13.8 Å². The van der Waals surface area contributed by atoms with Crippen LogP contribution >= 0.6 is 0 Å². The third-order valence-electron chi connectivity index (χ3n) is 5.21. The molecule has 0 radical (unpaired) electrons. The number of hydrogen-bond acceptors (Lipinski definition) is 1. The third kappa shape index (κ3) is 6.34. The number of carbonyl (C=O) groups is 1. The van der Waals surface area contributed by atoms with Crippen molar-refractivity contribution in [1.29, 1.82) is 0 Å². The van der Waals surface area contributed by atoms with E-state index >= 15 is 0 Å². The van der Waals surface area contributed by atoms with Gasteiger partial charge < -0.3 is 0 Å². The summed E-state index contributed by atoms with van der Waals surface area (Å²) < 4.78 is 0. The molecule has 1 heteroatoms. The first-order valence-corrected chi connectivity index (χ1v) is 10.6. The molecule has 0 amide bonds. The van der Waals surface area contributed by atoms with Crippen LogP contribution in [0.5, 0.6) is 0 Å². The van der Waals surface area contributed by atoms with Gasteiger partial charge in [0.2, 0.25) is 0 Å². The largest absolute Gasteiger partial charge is 0.290 e. The van der Waals surface area contributed by atoms with Gasteiger partial charge in [0.1, 0.15) is 0 Å². The summed E-state index contributed by atoms with van der Waals surface area (Å²) in [5.41, 5.74) is 7.16. The van der Waals surface area contributed by atoms with Gasteiger partial charge in [-0.2, -0.15) is 0 Å². The number of benzene rings is 2. The number of aryl methyl sites for hydroxylation is 2. The van der Waals surface area contributed by atoms with Gasteiger partial charge in [-0.3, -0.25) is 4.79 Å². The molecular formula is C27H34O. The van der Waals surface area contributed by atoms with E-state index in [1.54, 1.807) is 0 Å². The lowest BCUT2D eigenvalue weighted by atomic mass is 9.93. The third-order valence-corrected chi connectivity index (χ3v) is 5.21. The zero-order chi connectivity index (χ0) is 20.4. The molecule has 2 aromatic rings. The molecule has 1 nitrogen and oxygen atoms in total. The van der Waals surface area contributed by atoms with E-state index in [1.165, 1.54) is 22.3 Å². The highest BCUT2D eigenvalue weighted by Crippen LogP contribution is 2.26. The summed E-state index contributed by atoms with van der Waals surface area (Å²) >= 11 is 0. The predicted octanol–water partition coefficient (Wildman–Crippen LogP) is 7.72. The maximum absolute atomic E-state index is 13.0. The van der Waals surface area contributed by atoms with Crippen LogP contribution in [-0.4, -0.2) is 5.78 Å². The highest BCUT2D eigenvalue weighted by atomic mass is 16.1. The Labute approximate surface area is 171 Å². The molecule has 0 atom stereocenters. The molecule has 0 fully saturated rings. The topological polar surface area (TPSA) is 17.1 Å². The molecule has 0 saturated heterocycles. The van der Waals surface area contributed by atoms with Gasteiger partial charge in [0, 0.05) is 0 Å². The summed E-state index contributed by atoms with van der Waals surface area (Å²) in [5, 5.41) is 0. The van der Waals surface area contributed by atoms with Crippen molar-refractivity contribution >= 4 is 16.9 Å². The number of hydrogen-bond donors (Lipinski definition) is 0. The number of ketones is 1. The second kappa shape index (κ2) is 11.4. The first kappa shape index (κ1) is 21.9. The summed E-state index contributed by atoms with van der Waals surface area (Å²) in [6, 6.07) is 16.7. The van der Waals surface area contributed by atoms with Crippen molar-refractivity contribution in [1.82, 2.24) is 0 Å². The molecule has 2 aromatic carbocycles. The average molecular weight is 375 g/mol. The molecule has 0 unspecified atom stereocenters. The molecule has 28 heavy (non-hydrogen) atoms. The Morgan fingerprint density at radius 1 is 0.714 bits per heavy atom. The Hall–Kier alpha value is -2.41. The summed E-state index contributed by atoms with van der Waals surface area (Å²) in [6.07, 6.45) is 10.0. The molecule has 0 aromatic heterocycles. The van der Waals surface area contributed by atoms with Crippen molar-refractivity contribution < 1.29 is 4.79 Å². The SMILES string of the molecule is CCCCC(=CC(=O)C=C(CCCC)c1ccccc1C)c1ccccc1C. The fourth-order valence-corrected chi connectivity index (χ4v) is 3.56. The fraction of sp³-hybridized carbons (Fsp3) is 0.370. The molecule has 2 rings (SSSR count). The lowest BCUT2D eigenvalue weighted by molar-refractivity contribution is -0.110. The van der Waals surface area contributed by atoms with Crippen LogP contribution < -0.4 is 0 Å². The Bertz CT molecular complexity index is 769. The normalized spacial score (nSPS) is 12.3. The minimum atomic E-state index is 0.101. The average Bonchev–Trinajstić information content (AvgIpc) is 2.69. The van der Waals surface area contributed by atoms with Gasteiger partial charge in [-0.1, -0.05) is 75.2 Å². The van der Waals surface area contributed by atoms with E-state index < -0.39 is 0 Å². The van der Waals surface area contributed by atoms with Crippen molar-refractivity contribution in [3.8, 4) is 0 Å².